The van der Waals surface area contributed by atoms with Crippen LogP contribution in [0.2, 0.25) is 0 Å². The van der Waals surface area contributed by atoms with E-state index in [0.29, 0.717) is 31.9 Å². The van der Waals surface area contributed by atoms with Crippen LogP contribution < -0.4 is 0 Å². The predicted molar refractivity (Wildman–Crippen MR) is 97.5 cm³/mol. The third-order valence-electron chi connectivity index (χ3n) is 4.41. The van der Waals surface area contributed by atoms with Gasteiger partial charge in [0.2, 0.25) is 5.76 Å². The highest BCUT2D eigenvalue weighted by molar-refractivity contribution is 5.92. The number of hydrogen-bond acceptors (Lipinski definition) is 6. The van der Waals surface area contributed by atoms with Crippen LogP contribution in [-0.2, 0) is 9.53 Å². The molecule has 0 spiro atoms. The average Bonchev–Trinajstić information content (AvgIpc) is 3.11. The van der Waals surface area contributed by atoms with Crippen LogP contribution in [0.25, 0.3) is 11.3 Å². The van der Waals surface area contributed by atoms with Crippen molar-refractivity contribution in [3.63, 3.8) is 0 Å². The minimum Gasteiger partial charge on any atom is -0.480 e. The smallest absolute Gasteiger partial charge is 0.317 e. The Morgan fingerprint density at radius 2 is 2.07 bits per heavy atom. The van der Waals surface area contributed by atoms with Crippen LogP contribution in [0.4, 0.5) is 0 Å². The molecule has 27 heavy (non-hydrogen) atoms. The SMILES string of the molecule is Cc1ccc(-c2cc(C(=O)N3CCOC(CN(C)CC(=O)O)C3)on2)cc1. The van der Waals surface area contributed by atoms with Gasteiger partial charge in [-0.2, -0.15) is 0 Å². The second kappa shape index (κ2) is 8.32. The Hall–Kier alpha value is -2.71. The van der Waals surface area contributed by atoms with Crippen LogP contribution >= 0.6 is 0 Å². The Labute approximate surface area is 157 Å². The van der Waals surface area contributed by atoms with Crippen molar-refractivity contribution in [2.24, 2.45) is 0 Å². The van der Waals surface area contributed by atoms with E-state index in [1.165, 1.54) is 0 Å². The summed E-state index contributed by atoms with van der Waals surface area (Å²) < 4.78 is 10.9. The number of carbonyl (C=O) groups excluding carboxylic acids is 1. The first kappa shape index (κ1) is 19.1. The second-order valence-corrected chi connectivity index (χ2v) is 6.78. The number of carboxylic acids is 1. The molecule has 8 heteroatoms. The van der Waals surface area contributed by atoms with Crippen molar-refractivity contribution in [1.29, 1.82) is 0 Å². The molecule has 1 aromatic carbocycles. The van der Waals surface area contributed by atoms with E-state index in [-0.39, 0.29) is 24.3 Å². The lowest BCUT2D eigenvalue weighted by molar-refractivity contribution is -0.138. The number of rotatable bonds is 6. The number of aliphatic carboxylic acids is 1. The molecule has 1 N–H and O–H groups in total. The number of likely N-dealkylation sites (N-methyl/N-ethyl adjacent to an activating group) is 1. The molecule has 1 fully saturated rings. The van der Waals surface area contributed by atoms with Crippen LogP contribution in [0.5, 0.6) is 0 Å². The summed E-state index contributed by atoms with van der Waals surface area (Å²) in [6.07, 6.45) is -0.244. The molecule has 1 aliphatic heterocycles. The monoisotopic (exact) mass is 373 g/mol. The van der Waals surface area contributed by atoms with Crippen molar-refractivity contribution in [3.8, 4) is 11.3 Å². The topological polar surface area (TPSA) is 96.1 Å². The number of carbonyl (C=O) groups is 2. The Morgan fingerprint density at radius 1 is 1.33 bits per heavy atom. The standard InChI is InChI=1S/C19H23N3O5/c1-13-3-5-14(6-4-13)16-9-17(27-20-16)19(25)22-7-8-26-15(11-22)10-21(2)12-18(23)24/h3-6,9,15H,7-8,10-12H2,1-2H3,(H,23,24). The Kier molecular flexibility index (Phi) is 5.88. The molecular weight excluding hydrogens is 350 g/mol. The van der Waals surface area contributed by atoms with Gasteiger partial charge >= 0.3 is 5.97 Å². The van der Waals surface area contributed by atoms with Crippen LogP contribution in [0, 0.1) is 6.92 Å². The fraction of sp³-hybridized carbons (Fsp3) is 0.421. The van der Waals surface area contributed by atoms with Gasteiger partial charge in [0.15, 0.2) is 0 Å². The molecule has 0 radical (unpaired) electrons. The summed E-state index contributed by atoms with van der Waals surface area (Å²) in [5, 5.41) is 12.9. The zero-order valence-electron chi connectivity index (χ0n) is 15.4. The average molecular weight is 373 g/mol. The van der Waals surface area contributed by atoms with E-state index in [1.54, 1.807) is 22.9 Å². The third-order valence-corrected chi connectivity index (χ3v) is 4.41. The quantitative estimate of drug-likeness (QED) is 0.820. The van der Waals surface area contributed by atoms with Crippen LogP contribution in [0.1, 0.15) is 16.1 Å². The Bertz CT molecular complexity index is 802. The van der Waals surface area contributed by atoms with Crippen molar-refractivity contribution in [3.05, 3.63) is 41.7 Å². The number of hydrogen-bond donors (Lipinski definition) is 1. The van der Waals surface area contributed by atoms with Gasteiger partial charge in [-0.25, -0.2) is 0 Å². The van der Waals surface area contributed by atoms with Crippen molar-refractivity contribution in [1.82, 2.24) is 15.0 Å². The van der Waals surface area contributed by atoms with Gasteiger partial charge in [-0.05, 0) is 14.0 Å². The molecule has 1 saturated heterocycles. The van der Waals surface area contributed by atoms with Gasteiger partial charge in [-0.1, -0.05) is 35.0 Å². The minimum absolute atomic E-state index is 0.0736. The number of amides is 1. The molecule has 2 heterocycles. The van der Waals surface area contributed by atoms with Crippen LogP contribution in [0.3, 0.4) is 0 Å². The summed E-state index contributed by atoms with van der Waals surface area (Å²) in [5.74, 6) is -0.952. The molecule has 1 atom stereocenters. The van der Waals surface area contributed by atoms with Crippen LogP contribution in [-0.4, -0.2) is 77.9 Å². The fourth-order valence-corrected chi connectivity index (χ4v) is 3.05. The highest BCUT2D eigenvalue weighted by Crippen LogP contribution is 2.21. The Balaban J connectivity index is 1.63. The van der Waals surface area contributed by atoms with Crippen molar-refractivity contribution in [2.75, 3.05) is 39.8 Å². The van der Waals surface area contributed by atoms with E-state index in [2.05, 4.69) is 5.16 Å². The van der Waals surface area contributed by atoms with Gasteiger partial charge < -0.3 is 19.3 Å². The molecule has 8 nitrogen and oxygen atoms in total. The summed E-state index contributed by atoms with van der Waals surface area (Å²) in [7, 11) is 1.71. The van der Waals surface area contributed by atoms with Gasteiger partial charge in [0.1, 0.15) is 5.69 Å². The maximum absolute atomic E-state index is 12.7. The second-order valence-electron chi connectivity index (χ2n) is 6.78. The maximum Gasteiger partial charge on any atom is 0.317 e. The summed E-state index contributed by atoms with van der Waals surface area (Å²) in [6, 6.07) is 9.47. The van der Waals surface area contributed by atoms with Crippen molar-refractivity contribution in [2.45, 2.75) is 13.0 Å². The van der Waals surface area contributed by atoms with E-state index in [0.717, 1.165) is 11.1 Å². The number of benzene rings is 1. The van der Waals surface area contributed by atoms with Gasteiger partial charge in [0, 0.05) is 31.3 Å². The first-order valence-electron chi connectivity index (χ1n) is 8.77. The van der Waals surface area contributed by atoms with Gasteiger partial charge in [-0.15, -0.1) is 0 Å². The molecule has 1 aliphatic rings. The number of aromatic nitrogens is 1. The number of morpholine rings is 1. The highest BCUT2D eigenvalue weighted by Gasteiger charge is 2.28. The van der Waals surface area contributed by atoms with Gasteiger partial charge in [0.05, 0.1) is 19.3 Å². The number of ether oxygens (including phenoxy) is 1. The lowest BCUT2D eigenvalue weighted by Gasteiger charge is -2.34. The van der Waals surface area contributed by atoms with Gasteiger partial charge in [0.25, 0.3) is 5.91 Å². The number of carboxylic acid groups (broad SMARTS) is 1. The number of nitrogens with zero attached hydrogens (tertiary/aromatic N) is 3. The van der Waals surface area contributed by atoms with Crippen molar-refractivity contribution >= 4 is 11.9 Å². The van der Waals surface area contributed by atoms with E-state index in [4.69, 9.17) is 14.4 Å². The summed E-state index contributed by atoms with van der Waals surface area (Å²) in [5.41, 5.74) is 2.65. The van der Waals surface area contributed by atoms with Crippen LogP contribution in [0.15, 0.2) is 34.9 Å². The molecule has 1 amide bonds. The number of aryl methyl sites for hydroxylation is 1. The lowest BCUT2D eigenvalue weighted by Crippen LogP contribution is -2.49. The zero-order valence-corrected chi connectivity index (χ0v) is 15.4. The molecule has 0 aliphatic carbocycles. The Morgan fingerprint density at radius 3 is 2.78 bits per heavy atom. The van der Waals surface area contributed by atoms with E-state index < -0.39 is 5.97 Å². The summed E-state index contributed by atoms with van der Waals surface area (Å²) >= 11 is 0. The lowest BCUT2D eigenvalue weighted by atomic mass is 10.1. The molecule has 0 bridgehead atoms. The van der Waals surface area contributed by atoms with Crippen molar-refractivity contribution < 1.29 is 24.0 Å². The largest absolute Gasteiger partial charge is 0.480 e. The molecule has 144 valence electrons. The highest BCUT2D eigenvalue weighted by atomic mass is 16.5. The van der Waals surface area contributed by atoms with E-state index >= 15 is 0 Å². The zero-order chi connectivity index (χ0) is 19.4. The molecular formula is C19H23N3O5. The summed E-state index contributed by atoms with van der Waals surface area (Å²) in [4.78, 5) is 26.8. The third kappa shape index (κ3) is 4.93. The molecule has 3 rings (SSSR count). The first-order valence-corrected chi connectivity index (χ1v) is 8.77. The molecule has 1 aromatic heterocycles. The minimum atomic E-state index is -0.897. The predicted octanol–water partition coefficient (Wildman–Crippen LogP) is 1.51. The summed E-state index contributed by atoms with van der Waals surface area (Å²) in [6.45, 7) is 3.60. The van der Waals surface area contributed by atoms with E-state index in [9.17, 15) is 9.59 Å². The maximum atomic E-state index is 12.7. The first-order chi connectivity index (χ1) is 12.9. The van der Waals surface area contributed by atoms with E-state index in [1.807, 2.05) is 31.2 Å². The molecule has 1 unspecified atom stereocenters. The molecule has 2 aromatic rings. The normalized spacial score (nSPS) is 17.3. The fourth-order valence-electron chi connectivity index (χ4n) is 3.05. The van der Waals surface area contributed by atoms with Gasteiger partial charge in [-0.3, -0.25) is 14.5 Å². The molecule has 0 saturated carbocycles.